The molecular weight excluding hydrogens is 327 g/mol. The van der Waals surface area contributed by atoms with Gasteiger partial charge in [-0.25, -0.2) is 4.98 Å². The summed E-state index contributed by atoms with van der Waals surface area (Å²) in [4.78, 5) is 3.71. The number of rotatable bonds is 4. The minimum absolute atomic E-state index is 0.264. The van der Waals surface area contributed by atoms with Crippen molar-refractivity contribution in [2.24, 2.45) is 13.0 Å². The Balaban J connectivity index is 0.000000493. The van der Waals surface area contributed by atoms with Crippen LogP contribution in [-0.2, 0) is 13.2 Å². The Bertz CT molecular complexity index is 728. The van der Waals surface area contributed by atoms with E-state index >= 15 is 0 Å². The van der Waals surface area contributed by atoms with Crippen LogP contribution in [0.25, 0.3) is 17.5 Å². The average Bonchev–Trinajstić information content (AvgIpc) is 3.23. The number of alkyl halides is 3. The van der Waals surface area contributed by atoms with E-state index in [1.807, 2.05) is 19.1 Å². The second kappa shape index (κ2) is 7.76. The van der Waals surface area contributed by atoms with Gasteiger partial charge in [0.25, 0.3) is 0 Å². The molecular formula is C19H24F3N3. The van der Waals surface area contributed by atoms with Crippen LogP contribution < -0.4 is 5.32 Å². The van der Waals surface area contributed by atoms with E-state index in [2.05, 4.69) is 23.8 Å². The number of nitrogens with one attached hydrogen (secondary N) is 1. The minimum Gasteiger partial charge on any atom is -0.385 e. The van der Waals surface area contributed by atoms with Crippen molar-refractivity contribution < 1.29 is 13.2 Å². The zero-order valence-electron chi connectivity index (χ0n) is 14.8. The van der Waals surface area contributed by atoms with Crippen LogP contribution in [0.1, 0.15) is 37.9 Å². The molecule has 1 fully saturated rings. The highest BCUT2D eigenvalue weighted by molar-refractivity contribution is 5.74. The molecule has 0 aliphatic heterocycles. The molecule has 1 N–H and O–H groups in total. The molecule has 0 bridgehead atoms. The standard InChI is InChI=1S/C15H16F3N3.C4H8/c1-4-10-8-11(19-5-2)6-7-12(10)14-20-13(9-21(14)3)15(16,17)18;1-4-2-3-4/h4,6-9,19H,1,5H2,2-3H3;4H,2-3H2,1H3. The fourth-order valence-corrected chi connectivity index (χ4v) is 2.27. The predicted molar refractivity (Wildman–Crippen MR) is 96.3 cm³/mol. The maximum Gasteiger partial charge on any atom is 0.434 e. The number of hydrogen-bond donors (Lipinski definition) is 1. The van der Waals surface area contributed by atoms with E-state index in [-0.39, 0.29) is 5.82 Å². The van der Waals surface area contributed by atoms with Crippen LogP contribution in [0.15, 0.2) is 31.0 Å². The van der Waals surface area contributed by atoms with Crippen molar-refractivity contribution in [3.05, 3.63) is 42.2 Å². The molecule has 0 atom stereocenters. The van der Waals surface area contributed by atoms with Crippen molar-refractivity contribution in [3.63, 3.8) is 0 Å². The van der Waals surface area contributed by atoms with Crippen molar-refractivity contribution in [1.82, 2.24) is 9.55 Å². The zero-order valence-corrected chi connectivity index (χ0v) is 14.8. The lowest BCUT2D eigenvalue weighted by atomic mass is 10.1. The van der Waals surface area contributed by atoms with Gasteiger partial charge >= 0.3 is 6.18 Å². The summed E-state index contributed by atoms with van der Waals surface area (Å²) in [5.41, 5.74) is 1.34. The number of aryl methyl sites for hydroxylation is 1. The van der Waals surface area contributed by atoms with Gasteiger partial charge in [0.2, 0.25) is 0 Å². The Morgan fingerprint density at radius 3 is 2.44 bits per heavy atom. The molecule has 0 amide bonds. The Morgan fingerprint density at radius 2 is 2.00 bits per heavy atom. The molecule has 0 saturated heterocycles. The summed E-state index contributed by atoms with van der Waals surface area (Å²) in [6.45, 7) is 8.72. The van der Waals surface area contributed by atoms with E-state index < -0.39 is 11.9 Å². The number of halogens is 3. The third-order valence-electron chi connectivity index (χ3n) is 3.93. The molecule has 25 heavy (non-hydrogen) atoms. The van der Waals surface area contributed by atoms with Crippen molar-refractivity contribution >= 4 is 11.8 Å². The maximum atomic E-state index is 12.7. The third kappa shape index (κ3) is 5.11. The van der Waals surface area contributed by atoms with Crippen LogP contribution in [0.4, 0.5) is 18.9 Å². The average molecular weight is 351 g/mol. The molecule has 1 aliphatic rings. The lowest BCUT2D eigenvalue weighted by molar-refractivity contribution is -0.140. The highest BCUT2D eigenvalue weighted by atomic mass is 19.4. The molecule has 136 valence electrons. The van der Waals surface area contributed by atoms with E-state index in [0.29, 0.717) is 5.56 Å². The van der Waals surface area contributed by atoms with E-state index in [1.165, 1.54) is 17.4 Å². The monoisotopic (exact) mass is 351 g/mol. The number of nitrogens with zero attached hydrogens (tertiary/aromatic N) is 2. The molecule has 1 aromatic carbocycles. The first-order valence-corrected chi connectivity index (χ1v) is 8.37. The molecule has 3 rings (SSSR count). The Kier molecular flexibility index (Phi) is 5.93. The zero-order chi connectivity index (χ0) is 18.6. The van der Waals surface area contributed by atoms with Gasteiger partial charge in [0.05, 0.1) is 0 Å². The summed E-state index contributed by atoms with van der Waals surface area (Å²) in [5.74, 6) is 1.35. The van der Waals surface area contributed by atoms with E-state index in [4.69, 9.17) is 0 Å². The first-order valence-electron chi connectivity index (χ1n) is 8.37. The summed E-state index contributed by atoms with van der Waals surface area (Å²) >= 11 is 0. The van der Waals surface area contributed by atoms with Crippen LogP contribution in [-0.4, -0.2) is 16.1 Å². The van der Waals surface area contributed by atoms with Gasteiger partial charge in [-0.05, 0) is 36.6 Å². The first kappa shape index (κ1) is 19.1. The highest BCUT2D eigenvalue weighted by Crippen LogP contribution is 2.32. The summed E-state index contributed by atoms with van der Waals surface area (Å²) in [7, 11) is 1.54. The molecule has 6 heteroatoms. The van der Waals surface area contributed by atoms with E-state index in [0.717, 1.165) is 29.9 Å². The largest absolute Gasteiger partial charge is 0.434 e. The van der Waals surface area contributed by atoms with Crippen molar-refractivity contribution in [3.8, 4) is 11.4 Å². The molecule has 1 heterocycles. The SMILES string of the molecule is C=Cc1cc(NCC)ccc1-c1nc(C(F)(F)F)cn1C.CC1CC1. The van der Waals surface area contributed by atoms with Crippen LogP contribution in [0.2, 0.25) is 0 Å². The molecule has 0 unspecified atom stereocenters. The smallest absolute Gasteiger partial charge is 0.385 e. The normalized spacial score (nSPS) is 13.8. The van der Waals surface area contributed by atoms with Crippen LogP contribution >= 0.6 is 0 Å². The van der Waals surface area contributed by atoms with Gasteiger partial charge in [-0.15, -0.1) is 0 Å². The van der Waals surface area contributed by atoms with Crippen molar-refractivity contribution in [1.29, 1.82) is 0 Å². The van der Waals surface area contributed by atoms with Crippen LogP contribution in [0.5, 0.6) is 0 Å². The van der Waals surface area contributed by atoms with Crippen LogP contribution in [0.3, 0.4) is 0 Å². The third-order valence-corrected chi connectivity index (χ3v) is 3.93. The van der Waals surface area contributed by atoms with Gasteiger partial charge < -0.3 is 9.88 Å². The van der Waals surface area contributed by atoms with Gasteiger partial charge in [-0.3, -0.25) is 0 Å². The van der Waals surface area contributed by atoms with Gasteiger partial charge in [0.15, 0.2) is 5.69 Å². The quantitative estimate of drug-likeness (QED) is 0.777. The number of anilines is 1. The Morgan fingerprint density at radius 1 is 1.36 bits per heavy atom. The number of imidazole rings is 1. The number of aromatic nitrogens is 2. The molecule has 1 aliphatic carbocycles. The number of hydrogen-bond acceptors (Lipinski definition) is 2. The molecule has 0 spiro atoms. The van der Waals surface area contributed by atoms with Gasteiger partial charge in [-0.1, -0.05) is 32.4 Å². The summed E-state index contributed by atoms with van der Waals surface area (Å²) < 4.78 is 39.6. The topological polar surface area (TPSA) is 29.9 Å². The molecule has 0 radical (unpaired) electrons. The van der Waals surface area contributed by atoms with E-state index in [9.17, 15) is 13.2 Å². The molecule has 1 saturated carbocycles. The summed E-state index contributed by atoms with van der Waals surface area (Å²) in [6, 6.07) is 5.40. The fraction of sp³-hybridized carbons (Fsp3) is 0.421. The summed E-state index contributed by atoms with van der Waals surface area (Å²) in [5, 5.41) is 3.15. The Hall–Kier alpha value is -2.24. The van der Waals surface area contributed by atoms with Crippen LogP contribution in [0, 0.1) is 5.92 Å². The lowest BCUT2D eigenvalue weighted by Gasteiger charge is -2.09. The summed E-state index contributed by atoms with van der Waals surface area (Å²) in [6.07, 6.45) is 1.12. The second-order valence-electron chi connectivity index (χ2n) is 6.28. The molecule has 3 nitrogen and oxygen atoms in total. The lowest BCUT2D eigenvalue weighted by Crippen LogP contribution is -2.05. The van der Waals surface area contributed by atoms with Gasteiger partial charge in [0.1, 0.15) is 5.82 Å². The predicted octanol–water partition coefficient (Wildman–Crippen LogP) is 5.60. The minimum atomic E-state index is -4.45. The van der Waals surface area contributed by atoms with Crippen molar-refractivity contribution in [2.75, 3.05) is 11.9 Å². The van der Waals surface area contributed by atoms with Gasteiger partial charge in [-0.2, -0.15) is 13.2 Å². The van der Waals surface area contributed by atoms with E-state index in [1.54, 1.807) is 19.2 Å². The molecule has 1 aromatic heterocycles. The first-order chi connectivity index (χ1) is 11.8. The number of benzene rings is 1. The molecule has 2 aromatic rings. The second-order valence-corrected chi connectivity index (χ2v) is 6.28. The Labute approximate surface area is 146 Å². The maximum absolute atomic E-state index is 12.7. The fourth-order valence-electron chi connectivity index (χ4n) is 2.27. The highest BCUT2D eigenvalue weighted by Gasteiger charge is 2.34. The van der Waals surface area contributed by atoms with Gasteiger partial charge in [0, 0.05) is 31.0 Å². The van der Waals surface area contributed by atoms with Crippen molar-refractivity contribution in [2.45, 2.75) is 32.9 Å².